The van der Waals surface area contributed by atoms with Crippen LogP contribution in [0.4, 0.5) is 0 Å². The molecule has 1 fully saturated rings. The van der Waals surface area contributed by atoms with Crippen molar-refractivity contribution >= 4 is 42.5 Å². The summed E-state index contributed by atoms with van der Waals surface area (Å²) in [4.78, 5) is 12.1. The third kappa shape index (κ3) is 3.93. The zero-order valence-corrected chi connectivity index (χ0v) is 19.9. The molecule has 1 unspecified atom stereocenters. The molecule has 0 bridgehead atoms. The standard InChI is InChI=1S/C27H30BrOP/c28-30(24-15-4-1-5-16-24,25-17-6-2-7-18-25,26-19-8-3-9-20-26)22-11-10-13-23-14-12-21-27(23)29/h1-9,15-20,23H,10-14,21-22H2. The Morgan fingerprint density at radius 2 is 1.20 bits per heavy atom. The van der Waals surface area contributed by atoms with Gasteiger partial charge in [-0.1, -0.05) is 0 Å². The Bertz CT molecular complexity index is 872. The van der Waals surface area contributed by atoms with Crippen LogP contribution in [0.15, 0.2) is 91.0 Å². The fraction of sp³-hybridized carbons (Fsp3) is 0.296. The van der Waals surface area contributed by atoms with Gasteiger partial charge in [0.05, 0.1) is 0 Å². The van der Waals surface area contributed by atoms with Crippen molar-refractivity contribution < 1.29 is 4.79 Å². The van der Waals surface area contributed by atoms with Gasteiger partial charge in [-0.3, -0.25) is 0 Å². The van der Waals surface area contributed by atoms with E-state index in [1.165, 1.54) is 15.9 Å². The molecule has 3 heteroatoms. The van der Waals surface area contributed by atoms with Crippen molar-refractivity contribution in [2.45, 2.75) is 38.5 Å². The number of unbranched alkanes of at least 4 members (excludes halogenated alkanes) is 1. The summed E-state index contributed by atoms with van der Waals surface area (Å²) in [6, 6.07) is 32.9. The maximum atomic E-state index is 12.1. The molecule has 1 atom stereocenters. The minimum atomic E-state index is -2.80. The second kappa shape index (κ2) is 9.16. The Hall–Kier alpha value is -1.76. The maximum absolute atomic E-state index is 12.1. The summed E-state index contributed by atoms with van der Waals surface area (Å²) in [6.45, 7) is 0. The Morgan fingerprint density at radius 1 is 0.733 bits per heavy atom. The van der Waals surface area contributed by atoms with E-state index in [4.69, 9.17) is 0 Å². The molecule has 0 saturated heterocycles. The SMILES string of the molecule is O=C1CCCC1CCCCP(Br)(c1ccccc1)(c1ccccc1)c1ccccc1. The van der Waals surface area contributed by atoms with Gasteiger partial charge in [-0.05, 0) is 0 Å². The van der Waals surface area contributed by atoms with Gasteiger partial charge in [-0.25, -0.2) is 0 Å². The van der Waals surface area contributed by atoms with Gasteiger partial charge >= 0.3 is 189 Å². The van der Waals surface area contributed by atoms with Gasteiger partial charge in [-0.2, -0.15) is 0 Å². The molecule has 0 spiro atoms. The summed E-state index contributed by atoms with van der Waals surface area (Å²) in [6.07, 6.45) is 7.27. The molecule has 156 valence electrons. The number of rotatable bonds is 8. The molecule has 0 aromatic heterocycles. The Balaban J connectivity index is 1.74. The van der Waals surface area contributed by atoms with E-state index in [0.29, 0.717) is 11.7 Å². The Morgan fingerprint density at radius 3 is 1.60 bits per heavy atom. The Labute approximate surface area is 188 Å². The van der Waals surface area contributed by atoms with E-state index in [9.17, 15) is 4.79 Å². The van der Waals surface area contributed by atoms with Crippen LogP contribution in [-0.2, 0) is 4.79 Å². The van der Waals surface area contributed by atoms with E-state index in [1.54, 1.807) is 0 Å². The van der Waals surface area contributed by atoms with Gasteiger partial charge < -0.3 is 0 Å². The minimum absolute atomic E-state index is 0.302. The van der Waals surface area contributed by atoms with Crippen LogP contribution in [0.25, 0.3) is 0 Å². The first-order valence-corrected chi connectivity index (χ1v) is 15.5. The zero-order valence-electron chi connectivity index (χ0n) is 17.4. The number of ketones is 1. The van der Waals surface area contributed by atoms with E-state index in [2.05, 4.69) is 106 Å². The summed E-state index contributed by atoms with van der Waals surface area (Å²) in [5.74, 6) is 0.789. The second-order valence-electron chi connectivity index (χ2n) is 8.46. The van der Waals surface area contributed by atoms with E-state index in [0.717, 1.165) is 44.7 Å². The molecule has 4 rings (SSSR count). The van der Waals surface area contributed by atoms with Gasteiger partial charge in [0, 0.05) is 0 Å². The summed E-state index contributed by atoms with van der Waals surface area (Å²) in [5, 5.41) is 1.32. The van der Waals surface area contributed by atoms with E-state index < -0.39 is 5.31 Å². The average molecular weight is 481 g/mol. The number of benzene rings is 3. The van der Waals surface area contributed by atoms with Crippen LogP contribution in [-0.4, -0.2) is 11.9 Å². The van der Waals surface area contributed by atoms with Crippen molar-refractivity contribution in [2.75, 3.05) is 6.16 Å². The van der Waals surface area contributed by atoms with Gasteiger partial charge in [-0.15, -0.1) is 0 Å². The summed E-state index contributed by atoms with van der Waals surface area (Å²) in [5.41, 5.74) is 0. The molecule has 1 aliphatic carbocycles. The molecule has 1 aliphatic rings. The molecule has 30 heavy (non-hydrogen) atoms. The van der Waals surface area contributed by atoms with Crippen molar-refractivity contribution in [1.82, 2.24) is 0 Å². The van der Waals surface area contributed by atoms with Crippen LogP contribution in [0.1, 0.15) is 38.5 Å². The molecule has 0 aliphatic heterocycles. The van der Waals surface area contributed by atoms with Crippen molar-refractivity contribution in [3.63, 3.8) is 0 Å². The molecule has 3 aromatic carbocycles. The quantitative estimate of drug-likeness (QED) is 0.270. The van der Waals surface area contributed by atoms with Gasteiger partial charge in [0.15, 0.2) is 0 Å². The topological polar surface area (TPSA) is 17.1 Å². The first kappa shape index (κ1) is 21.5. The molecular formula is C27H30BrOP. The van der Waals surface area contributed by atoms with Crippen molar-refractivity contribution in [3.8, 4) is 0 Å². The molecule has 1 saturated carbocycles. The molecule has 0 radical (unpaired) electrons. The normalized spacial score (nSPS) is 18.1. The van der Waals surface area contributed by atoms with Crippen LogP contribution >= 0.6 is 20.8 Å². The predicted molar refractivity (Wildman–Crippen MR) is 135 cm³/mol. The third-order valence-corrected chi connectivity index (χ3v) is 16.7. The number of hydrogen-bond donors (Lipinski definition) is 0. The first-order valence-electron chi connectivity index (χ1n) is 11.1. The van der Waals surface area contributed by atoms with Crippen molar-refractivity contribution in [2.24, 2.45) is 5.92 Å². The number of hydrogen-bond acceptors (Lipinski definition) is 1. The van der Waals surface area contributed by atoms with Gasteiger partial charge in [0.1, 0.15) is 0 Å². The second-order valence-corrected chi connectivity index (χ2v) is 17.5. The number of carbonyl (C=O) groups is 1. The van der Waals surface area contributed by atoms with Crippen LogP contribution in [0.3, 0.4) is 0 Å². The average Bonchev–Trinajstić information content (AvgIpc) is 3.23. The number of halogens is 1. The fourth-order valence-electron chi connectivity index (χ4n) is 5.04. The fourth-order valence-corrected chi connectivity index (χ4v) is 12.8. The van der Waals surface area contributed by atoms with E-state index >= 15 is 0 Å². The number of Topliss-reactive ketones (excluding diaryl/α,β-unsaturated/α-hetero) is 1. The molecule has 0 N–H and O–H groups in total. The van der Waals surface area contributed by atoms with Crippen LogP contribution in [0.2, 0.25) is 0 Å². The van der Waals surface area contributed by atoms with Crippen molar-refractivity contribution in [3.05, 3.63) is 91.0 Å². The Kier molecular flexibility index (Phi) is 6.56. The number of carbonyl (C=O) groups excluding carboxylic acids is 1. The summed E-state index contributed by atoms with van der Waals surface area (Å²) < 4.78 is 0. The van der Waals surface area contributed by atoms with Crippen LogP contribution < -0.4 is 15.9 Å². The molecule has 0 heterocycles. The van der Waals surface area contributed by atoms with E-state index in [-0.39, 0.29) is 0 Å². The van der Waals surface area contributed by atoms with E-state index in [1.807, 2.05) is 0 Å². The van der Waals surface area contributed by atoms with Crippen LogP contribution in [0.5, 0.6) is 0 Å². The molecule has 3 aromatic rings. The molecular weight excluding hydrogens is 451 g/mol. The third-order valence-electron chi connectivity index (χ3n) is 6.70. The monoisotopic (exact) mass is 480 g/mol. The first-order chi connectivity index (χ1) is 14.6. The van der Waals surface area contributed by atoms with Crippen molar-refractivity contribution in [1.29, 1.82) is 0 Å². The predicted octanol–water partition coefficient (Wildman–Crippen LogP) is 6.37. The summed E-state index contributed by atoms with van der Waals surface area (Å²) >= 11 is 4.51. The zero-order chi connectivity index (χ0) is 20.9. The molecule has 0 amide bonds. The van der Waals surface area contributed by atoms with Gasteiger partial charge in [0.25, 0.3) is 0 Å². The molecule has 1 nitrogen and oxygen atoms in total. The van der Waals surface area contributed by atoms with Crippen LogP contribution in [0, 0.1) is 5.92 Å². The van der Waals surface area contributed by atoms with Gasteiger partial charge in [0.2, 0.25) is 0 Å². The summed E-state index contributed by atoms with van der Waals surface area (Å²) in [7, 11) is 0.